The summed E-state index contributed by atoms with van der Waals surface area (Å²) >= 11 is 0. The summed E-state index contributed by atoms with van der Waals surface area (Å²) in [7, 11) is 1.85. The zero-order valence-corrected chi connectivity index (χ0v) is 18.1. The molecule has 31 heavy (non-hydrogen) atoms. The number of amides is 2. The Morgan fingerprint density at radius 3 is 2.71 bits per heavy atom. The molecule has 5 rings (SSSR count). The van der Waals surface area contributed by atoms with E-state index in [4.69, 9.17) is 14.5 Å². The lowest BCUT2D eigenvalue weighted by Gasteiger charge is -2.33. The van der Waals surface area contributed by atoms with E-state index in [2.05, 4.69) is 10.5 Å². The molecule has 9 heteroatoms. The molecule has 1 aliphatic carbocycles. The van der Waals surface area contributed by atoms with Crippen LogP contribution in [-0.2, 0) is 17.8 Å². The Morgan fingerprint density at radius 2 is 1.97 bits per heavy atom. The fourth-order valence-corrected chi connectivity index (χ4v) is 4.58. The van der Waals surface area contributed by atoms with Crippen LogP contribution in [0.1, 0.15) is 77.8 Å². The van der Waals surface area contributed by atoms with Crippen molar-refractivity contribution in [1.29, 1.82) is 0 Å². The van der Waals surface area contributed by atoms with Crippen molar-refractivity contribution in [2.24, 2.45) is 0 Å². The Morgan fingerprint density at radius 1 is 1.13 bits per heavy atom. The Bertz CT molecular complexity index is 997. The lowest BCUT2D eigenvalue weighted by molar-refractivity contribution is -0.129. The van der Waals surface area contributed by atoms with Crippen molar-refractivity contribution in [2.45, 2.75) is 57.4 Å². The maximum absolute atomic E-state index is 13.0. The number of piperidine rings is 1. The summed E-state index contributed by atoms with van der Waals surface area (Å²) in [5, 5.41) is 7.20. The van der Waals surface area contributed by atoms with Crippen molar-refractivity contribution < 1.29 is 14.1 Å². The van der Waals surface area contributed by atoms with Gasteiger partial charge in [-0.15, -0.1) is 0 Å². The average molecular weight is 425 g/mol. The minimum atomic E-state index is -0.0794. The zero-order chi connectivity index (χ0) is 21.5. The molecule has 1 saturated heterocycles. The third-order valence-corrected chi connectivity index (χ3v) is 6.56. The third-order valence-electron chi connectivity index (χ3n) is 6.56. The molecule has 2 aromatic rings. The Hall–Kier alpha value is -2.97. The second kappa shape index (κ2) is 7.94. The first-order chi connectivity index (χ1) is 15.0. The normalized spacial score (nSPS) is 21.0. The third kappa shape index (κ3) is 3.88. The SMILES string of the molecule is CNc1nc([C@@H]2CCCN(C(=O)c3cc(C4CC4)on3)C2)nc2c1CN(C(C)=O)CC2. The first-order valence-corrected chi connectivity index (χ1v) is 11.1. The predicted octanol–water partition coefficient (Wildman–Crippen LogP) is 2.31. The zero-order valence-electron chi connectivity index (χ0n) is 18.1. The molecular formula is C22H28N6O3. The Labute approximate surface area is 181 Å². The fraction of sp³-hybridized carbons (Fsp3) is 0.591. The maximum Gasteiger partial charge on any atom is 0.276 e. The van der Waals surface area contributed by atoms with E-state index in [1.54, 1.807) is 13.0 Å². The number of aromatic nitrogens is 3. The number of likely N-dealkylation sites (tertiary alicyclic amines) is 1. The summed E-state index contributed by atoms with van der Waals surface area (Å²) in [6, 6.07) is 1.80. The van der Waals surface area contributed by atoms with E-state index in [9.17, 15) is 9.59 Å². The van der Waals surface area contributed by atoms with Gasteiger partial charge < -0.3 is 19.6 Å². The van der Waals surface area contributed by atoms with Gasteiger partial charge in [-0.25, -0.2) is 9.97 Å². The summed E-state index contributed by atoms with van der Waals surface area (Å²) in [6.45, 7) is 4.08. The van der Waals surface area contributed by atoms with Gasteiger partial charge in [0, 0.05) is 63.5 Å². The van der Waals surface area contributed by atoms with E-state index in [0.29, 0.717) is 37.8 Å². The van der Waals surface area contributed by atoms with E-state index in [1.807, 2.05) is 16.8 Å². The molecule has 2 fully saturated rings. The number of fused-ring (bicyclic) bond motifs is 1. The van der Waals surface area contributed by atoms with Crippen LogP contribution >= 0.6 is 0 Å². The van der Waals surface area contributed by atoms with Gasteiger partial charge in [0.25, 0.3) is 5.91 Å². The molecule has 2 amide bonds. The molecule has 0 aromatic carbocycles. The molecule has 0 bridgehead atoms. The van der Waals surface area contributed by atoms with Gasteiger partial charge in [-0.2, -0.15) is 0 Å². The number of rotatable bonds is 4. The average Bonchev–Trinajstić information content (AvgIpc) is 3.54. The molecule has 2 aromatic heterocycles. The number of hydrogen-bond donors (Lipinski definition) is 1. The first kappa shape index (κ1) is 20.0. The summed E-state index contributed by atoms with van der Waals surface area (Å²) < 4.78 is 5.37. The summed E-state index contributed by atoms with van der Waals surface area (Å²) in [6.07, 6.45) is 4.79. The van der Waals surface area contributed by atoms with Gasteiger partial charge in [0.2, 0.25) is 5.91 Å². The quantitative estimate of drug-likeness (QED) is 0.803. The molecule has 4 heterocycles. The highest BCUT2D eigenvalue weighted by Crippen LogP contribution is 2.40. The van der Waals surface area contributed by atoms with Crippen molar-refractivity contribution >= 4 is 17.6 Å². The van der Waals surface area contributed by atoms with Gasteiger partial charge in [-0.3, -0.25) is 9.59 Å². The summed E-state index contributed by atoms with van der Waals surface area (Å²) in [4.78, 5) is 38.1. The smallest absolute Gasteiger partial charge is 0.276 e. The topological polar surface area (TPSA) is 104 Å². The van der Waals surface area contributed by atoms with Gasteiger partial charge in [0.15, 0.2) is 5.69 Å². The molecule has 164 valence electrons. The van der Waals surface area contributed by atoms with Crippen LogP contribution in [0.2, 0.25) is 0 Å². The van der Waals surface area contributed by atoms with E-state index in [1.165, 1.54) is 0 Å². The highest BCUT2D eigenvalue weighted by atomic mass is 16.5. The fourth-order valence-electron chi connectivity index (χ4n) is 4.58. The number of carbonyl (C=O) groups is 2. The standard InChI is InChI=1S/C22H28N6O3/c1-13(29)27-9-7-17-16(12-27)21(23-2)25-20(24-17)15-4-3-8-28(11-15)22(30)18-10-19(31-26-18)14-5-6-14/h10,14-15H,3-9,11-12H2,1-2H3,(H,23,24,25)/t15-/m1/s1. The highest BCUT2D eigenvalue weighted by Gasteiger charge is 2.33. The first-order valence-electron chi connectivity index (χ1n) is 11.1. The van der Waals surface area contributed by atoms with Gasteiger partial charge in [0.05, 0.1) is 12.2 Å². The molecule has 1 atom stereocenters. The molecule has 0 unspecified atom stereocenters. The van der Waals surface area contributed by atoms with Crippen LogP contribution in [0, 0.1) is 0 Å². The molecule has 0 radical (unpaired) electrons. The van der Waals surface area contributed by atoms with Gasteiger partial charge in [-0.1, -0.05) is 5.16 Å². The molecule has 3 aliphatic rings. The van der Waals surface area contributed by atoms with Crippen LogP contribution in [0.25, 0.3) is 0 Å². The molecule has 2 aliphatic heterocycles. The minimum absolute atomic E-state index is 0.0657. The summed E-state index contributed by atoms with van der Waals surface area (Å²) in [5.74, 6) is 2.88. The van der Waals surface area contributed by atoms with Crippen LogP contribution in [-0.4, -0.2) is 63.4 Å². The van der Waals surface area contributed by atoms with Crippen molar-refractivity contribution in [3.63, 3.8) is 0 Å². The van der Waals surface area contributed by atoms with Crippen LogP contribution in [0.5, 0.6) is 0 Å². The van der Waals surface area contributed by atoms with E-state index in [-0.39, 0.29) is 17.7 Å². The number of carbonyl (C=O) groups excluding carboxylic acids is 2. The maximum atomic E-state index is 13.0. The van der Waals surface area contributed by atoms with Crippen LogP contribution < -0.4 is 5.32 Å². The van der Waals surface area contributed by atoms with Crippen molar-refractivity contribution in [3.05, 3.63) is 34.6 Å². The number of nitrogens with zero attached hydrogens (tertiary/aromatic N) is 5. The second-order valence-electron chi connectivity index (χ2n) is 8.78. The molecule has 9 nitrogen and oxygen atoms in total. The van der Waals surface area contributed by atoms with Crippen molar-refractivity contribution in [3.8, 4) is 0 Å². The van der Waals surface area contributed by atoms with Gasteiger partial charge in [-0.05, 0) is 25.7 Å². The largest absolute Gasteiger partial charge is 0.373 e. The second-order valence-corrected chi connectivity index (χ2v) is 8.78. The monoisotopic (exact) mass is 424 g/mol. The number of hydrogen-bond acceptors (Lipinski definition) is 7. The van der Waals surface area contributed by atoms with E-state index >= 15 is 0 Å². The Kier molecular flexibility index (Phi) is 5.11. The minimum Gasteiger partial charge on any atom is -0.373 e. The Balaban J connectivity index is 1.35. The molecular weight excluding hydrogens is 396 g/mol. The lowest BCUT2D eigenvalue weighted by atomic mass is 9.96. The molecule has 1 N–H and O–H groups in total. The number of nitrogens with one attached hydrogen (secondary N) is 1. The van der Waals surface area contributed by atoms with Crippen LogP contribution in [0.15, 0.2) is 10.6 Å². The van der Waals surface area contributed by atoms with Gasteiger partial charge >= 0.3 is 0 Å². The van der Waals surface area contributed by atoms with Crippen molar-refractivity contribution in [1.82, 2.24) is 24.9 Å². The highest BCUT2D eigenvalue weighted by molar-refractivity contribution is 5.92. The van der Waals surface area contributed by atoms with Crippen LogP contribution in [0.4, 0.5) is 5.82 Å². The lowest BCUT2D eigenvalue weighted by Crippen LogP contribution is -2.40. The molecule has 1 saturated carbocycles. The predicted molar refractivity (Wildman–Crippen MR) is 113 cm³/mol. The molecule has 0 spiro atoms. The van der Waals surface area contributed by atoms with Crippen LogP contribution in [0.3, 0.4) is 0 Å². The van der Waals surface area contributed by atoms with Gasteiger partial charge in [0.1, 0.15) is 17.4 Å². The van der Waals surface area contributed by atoms with E-state index in [0.717, 1.165) is 60.8 Å². The number of anilines is 1. The van der Waals surface area contributed by atoms with Crippen molar-refractivity contribution in [2.75, 3.05) is 32.0 Å². The van der Waals surface area contributed by atoms with E-state index < -0.39 is 0 Å². The summed E-state index contributed by atoms with van der Waals surface area (Å²) in [5.41, 5.74) is 2.39.